The number of aromatic nitrogens is 1. The quantitative estimate of drug-likeness (QED) is 0.755. The summed E-state index contributed by atoms with van der Waals surface area (Å²) < 4.78 is 5.22. The number of halogens is 1. The molecule has 1 aromatic heterocycles. The van der Waals surface area contributed by atoms with Gasteiger partial charge in [0.05, 0.1) is 12.8 Å². The van der Waals surface area contributed by atoms with E-state index < -0.39 is 0 Å². The van der Waals surface area contributed by atoms with E-state index in [1.54, 1.807) is 7.11 Å². The zero-order valence-electron chi connectivity index (χ0n) is 8.54. The lowest BCUT2D eigenvalue weighted by atomic mass is 10.1. The molecule has 0 unspecified atom stereocenters. The van der Waals surface area contributed by atoms with Crippen LogP contribution in [-0.2, 0) is 0 Å². The summed E-state index contributed by atoms with van der Waals surface area (Å²) in [5.74, 6) is 0.706. The molecular formula is C11H11ClN2O. The summed E-state index contributed by atoms with van der Waals surface area (Å²) in [6.45, 7) is 2.00. The smallest absolute Gasteiger partial charge is 0.152 e. The van der Waals surface area contributed by atoms with E-state index in [0.29, 0.717) is 16.6 Å². The van der Waals surface area contributed by atoms with Gasteiger partial charge in [-0.25, -0.2) is 4.98 Å². The van der Waals surface area contributed by atoms with Crippen LogP contribution in [0.2, 0.25) is 5.15 Å². The molecule has 0 fully saturated rings. The zero-order chi connectivity index (χ0) is 11.0. The normalized spacial score (nSPS) is 10.6. The highest BCUT2D eigenvalue weighted by Gasteiger charge is 2.08. The van der Waals surface area contributed by atoms with Crippen LogP contribution in [0.5, 0.6) is 5.75 Å². The summed E-state index contributed by atoms with van der Waals surface area (Å²) in [6, 6.07) is 5.66. The van der Waals surface area contributed by atoms with Crippen LogP contribution < -0.4 is 10.5 Å². The second-order valence-corrected chi connectivity index (χ2v) is 3.71. The molecule has 78 valence electrons. The maximum atomic E-state index is 5.88. The molecule has 2 N–H and O–H groups in total. The molecule has 1 aromatic carbocycles. The van der Waals surface area contributed by atoms with Crippen molar-refractivity contribution in [2.45, 2.75) is 6.92 Å². The van der Waals surface area contributed by atoms with Crippen LogP contribution >= 0.6 is 11.6 Å². The van der Waals surface area contributed by atoms with Crippen molar-refractivity contribution in [2.75, 3.05) is 12.8 Å². The van der Waals surface area contributed by atoms with Crippen molar-refractivity contribution in [3.05, 3.63) is 28.9 Å². The van der Waals surface area contributed by atoms with E-state index in [-0.39, 0.29) is 0 Å². The van der Waals surface area contributed by atoms with E-state index in [0.717, 1.165) is 16.5 Å². The number of hydrogen-bond donors (Lipinski definition) is 1. The van der Waals surface area contributed by atoms with Gasteiger partial charge in [0.1, 0.15) is 11.3 Å². The molecule has 2 rings (SSSR count). The van der Waals surface area contributed by atoms with Gasteiger partial charge < -0.3 is 10.5 Å². The topological polar surface area (TPSA) is 48.1 Å². The summed E-state index contributed by atoms with van der Waals surface area (Å²) in [5, 5.41) is 1.28. The summed E-state index contributed by atoms with van der Waals surface area (Å²) in [6.07, 6.45) is 0. The number of fused-ring (bicyclic) bond motifs is 1. The van der Waals surface area contributed by atoms with Crippen molar-refractivity contribution in [2.24, 2.45) is 0 Å². The number of nitrogen functional groups attached to an aromatic ring is 1. The maximum Gasteiger partial charge on any atom is 0.152 e. The highest BCUT2D eigenvalue weighted by Crippen LogP contribution is 2.30. The Kier molecular flexibility index (Phi) is 2.40. The van der Waals surface area contributed by atoms with Crippen molar-refractivity contribution in [3.63, 3.8) is 0 Å². The average molecular weight is 223 g/mol. The number of methoxy groups -OCH3 is 1. The molecule has 0 aliphatic rings. The third kappa shape index (κ3) is 1.59. The number of aryl methyl sites for hydroxylation is 1. The Bertz CT molecular complexity index is 525. The summed E-state index contributed by atoms with van der Waals surface area (Å²) in [7, 11) is 1.61. The zero-order valence-corrected chi connectivity index (χ0v) is 9.30. The SMILES string of the molecule is COc1ccc(C)c2cc(N)c(Cl)nc12. The predicted octanol–water partition coefficient (Wildman–Crippen LogP) is 2.79. The lowest BCUT2D eigenvalue weighted by Gasteiger charge is -2.08. The molecular weight excluding hydrogens is 212 g/mol. The minimum Gasteiger partial charge on any atom is -0.494 e. The highest BCUT2D eigenvalue weighted by molar-refractivity contribution is 6.32. The highest BCUT2D eigenvalue weighted by atomic mass is 35.5. The van der Waals surface area contributed by atoms with Gasteiger partial charge in [-0.3, -0.25) is 0 Å². The van der Waals surface area contributed by atoms with Crippen LogP contribution in [0.15, 0.2) is 18.2 Å². The second-order valence-electron chi connectivity index (χ2n) is 3.35. The molecule has 4 heteroatoms. The largest absolute Gasteiger partial charge is 0.494 e. The van der Waals surface area contributed by atoms with Gasteiger partial charge in [-0.1, -0.05) is 17.7 Å². The van der Waals surface area contributed by atoms with Crippen molar-refractivity contribution in [3.8, 4) is 5.75 Å². The summed E-state index contributed by atoms with van der Waals surface area (Å²) in [5.41, 5.74) is 8.04. The molecule has 1 heterocycles. The summed E-state index contributed by atoms with van der Waals surface area (Å²) >= 11 is 5.88. The summed E-state index contributed by atoms with van der Waals surface area (Å²) in [4.78, 5) is 4.22. The number of rotatable bonds is 1. The van der Waals surface area contributed by atoms with Crippen molar-refractivity contribution in [1.29, 1.82) is 0 Å². The molecule has 2 aromatic rings. The Labute approximate surface area is 92.8 Å². The van der Waals surface area contributed by atoms with Gasteiger partial charge in [-0.05, 0) is 24.6 Å². The van der Waals surface area contributed by atoms with Gasteiger partial charge in [0, 0.05) is 5.39 Å². The van der Waals surface area contributed by atoms with Gasteiger partial charge in [0.25, 0.3) is 0 Å². The molecule has 3 nitrogen and oxygen atoms in total. The fraction of sp³-hybridized carbons (Fsp3) is 0.182. The van der Waals surface area contributed by atoms with Gasteiger partial charge in [-0.2, -0.15) is 0 Å². The number of anilines is 1. The van der Waals surface area contributed by atoms with Crippen molar-refractivity contribution >= 4 is 28.2 Å². The number of pyridine rings is 1. The first-order valence-corrected chi connectivity index (χ1v) is 4.90. The molecule has 0 aliphatic carbocycles. The second kappa shape index (κ2) is 3.59. The molecule has 0 saturated carbocycles. The predicted molar refractivity (Wildman–Crippen MR) is 62.5 cm³/mol. The minimum absolute atomic E-state index is 0.311. The molecule has 0 radical (unpaired) electrons. The number of hydrogen-bond acceptors (Lipinski definition) is 3. The Hall–Kier alpha value is -1.48. The van der Waals surface area contributed by atoms with Crippen molar-refractivity contribution in [1.82, 2.24) is 4.98 Å². The lowest BCUT2D eigenvalue weighted by molar-refractivity contribution is 0.419. The van der Waals surface area contributed by atoms with Gasteiger partial charge in [-0.15, -0.1) is 0 Å². The fourth-order valence-electron chi connectivity index (χ4n) is 1.53. The van der Waals surface area contributed by atoms with Gasteiger partial charge in [0.2, 0.25) is 0 Å². The lowest BCUT2D eigenvalue weighted by Crippen LogP contribution is -1.94. The molecule has 0 aliphatic heterocycles. The van der Waals surface area contributed by atoms with Crippen LogP contribution in [0.1, 0.15) is 5.56 Å². The Morgan fingerprint density at radius 2 is 2.13 bits per heavy atom. The van der Waals surface area contributed by atoms with E-state index in [1.807, 2.05) is 25.1 Å². The Morgan fingerprint density at radius 1 is 1.40 bits per heavy atom. The first kappa shape index (κ1) is 10.1. The van der Waals surface area contributed by atoms with E-state index in [4.69, 9.17) is 22.1 Å². The standard InChI is InChI=1S/C11H11ClN2O/c1-6-3-4-9(15-2)10-7(6)5-8(13)11(12)14-10/h3-5H,13H2,1-2H3. The number of ether oxygens (including phenoxy) is 1. The fourth-order valence-corrected chi connectivity index (χ4v) is 1.67. The molecule has 15 heavy (non-hydrogen) atoms. The van der Waals surface area contributed by atoms with Gasteiger partial charge >= 0.3 is 0 Å². The van der Waals surface area contributed by atoms with E-state index in [2.05, 4.69) is 4.98 Å². The molecule has 0 amide bonds. The first-order chi connectivity index (χ1) is 7.13. The van der Waals surface area contributed by atoms with Crippen LogP contribution in [0, 0.1) is 6.92 Å². The van der Waals surface area contributed by atoms with Crippen LogP contribution in [-0.4, -0.2) is 12.1 Å². The van der Waals surface area contributed by atoms with Crippen LogP contribution in [0.25, 0.3) is 10.9 Å². The number of benzene rings is 1. The number of nitrogens with two attached hydrogens (primary N) is 1. The molecule has 0 atom stereocenters. The Balaban J connectivity index is 2.88. The third-order valence-electron chi connectivity index (χ3n) is 2.37. The van der Waals surface area contributed by atoms with Crippen LogP contribution in [0.3, 0.4) is 0 Å². The average Bonchev–Trinajstić information content (AvgIpc) is 2.22. The molecule has 0 spiro atoms. The third-order valence-corrected chi connectivity index (χ3v) is 2.67. The Morgan fingerprint density at radius 3 is 2.80 bits per heavy atom. The molecule has 0 bridgehead atoms. The van der Waals surface area contributed by atoms with E-state index in [1.165, 1.54) is 0 Å². The minimum atomic E-state index is 0.311. The van der Waals surface area contributed by atoms with E-state index in [9.17, 15) is 0 Å². The van der Waals surface area contributed by atoms with Crippen LogP contribution in [0.4, 0.5) is 5.69 Å². The van der Waals surface area contributed by atoms with Crippen molar-refractivity contribution < 1.29 is 4.74 Å². The maximum absolute atomic E-state index is 5.88. The monoisotopic (exact) mass is 222 g/mol. The number of nitrogens with zero attached hydrogens (tertiary/aromatic N) is 1. The molecule has 0 saturated heterocycles. The van der Waals surface area contributed by atoms with E-state index >= 15 is 0 Å². The van der Waals surface area contributed by atoms with Gasteiger partial charge in [0.15, 0.2) is 5.15 Å². The first-order valence-electron chi connectivity index (χ1n) is 4.53.